The zero-order valence-corrected chi connectivity index (χ0v) is 19.2. The van der Waals surface area contributed by atoms with Crippen LogP contribution in [0.2, 0.25) is 0 Å². The Kier molecular flexibility index (Phi) is 6.41. The number of methoxy groups -OCH3 is 2. The van der Waals surface area contributed by atoms with Crippen LogP contribution < -0.4 is 25.8 Å². The predicted octanol–water partition coefficient (Wildman–Crippen LogP) is 1.54. The summed E-state index contributed by atoms with van der Waals surface area (Å²) < 4.78 is 12.3. The van der Waals surface area contributed by atoms with Crippen LogP contribution in [0.1, 0.15) is 10.4 Å². The second kappa shape index (κ2) is 9.60. The van der Waals surface area contributed by atoms with Crippen LogP contribution in [0.25, 0.3) is 5.65 Å². The van der Waals surface area contributed by atoms with E-state index < -0.39 is 5.91 Å². The molecular formula is C23H24N8O4. The largest absolute Gasteiger partial charge is 0.497 e. The first-order valence-corrected chi connectivity index (χ1v) is 10.6. The van der Waals surface area contributed by atoms with Crippen molar-refractivity contribution < 1.29 is 19.1 Å². The van der Waals surface area contributed by atoms with Crippen molar-refractivity contribution >= 4 is 34.9 Å². The number of nitrogens with two attached hydrogens (primary N) is 1. The number of ether oxygens (including phenoxy) is 2. The first-order valence-electron chi connectivity index (χ1n) is 10.6. The molecule has 12 nitrogen and oxygen atoms in total. The number of anilines is 3. The third kappa shape index (κ3) is 4.65. The molecular weight excluding hydrogens is 452 g/mol. The third-order valence-corrected chi connectivity index (χ3v) is 5.59. The number of carbonyl (C=O) groups is 2. The van der Waals surface area contributed by atoms with Crippen LogP contribution in [0.4, 0.5) is 17.5 Å². The normalized spacial score (nSPS) is 13.0. The molecule has 0 unspecified atom stereocenters. The summed E-state index contributed by atoms with van der Waals surface area (Å²) in [5.41, 5.74) is 6.63. The lowest BCUT2D eigenvalue weighted by Crippen LogP contribution is -2.52. The van der Waals surface area contributed by atoms with Crippen molar-refractivity contribution in [1.29, 1.82) is 5.26 Å². The van der Waals surface area contributed by atoms with Gasteiger partial charge in [0.25, 0.3) is 11.8 Å². The lowest BCUT2D eigenvalue weighted by atomic mass is 9.99. The van der Waals surface area contributed by atoms with Crippen LogP contribution in [0.3, 0.4) is 0 Å². The van der Waals surface area contributed by atoms with Crippen molar-refractivity contribution in [3.05, 3.63) is 48.3 Å². The molecule has 0 atom stereocenters. The van der Waals surface area contributed by atoms with Gasteiger partial charge in [-0.1, -0.05) is 6.58 Å². The molecule has 35 heavy (non-hydrogen) atoms. The van der Waals surface area contributed by atoms with Gasteiger partial charge in [-0.2, -0.15) is 10.2 Å². The van der Waals surface area contributed by atoms with Crippen molar-refractivity contribution in [2.24, 2.45) is 11.7 Å². The number of hydrogen-bond acceptors (Lipinski definition) is 9. The molecule has 2 aromatic heterocycles. The van der Waals surface area contributed by atoms with Gasteiger partial charge < -0.3 is 30.7 Å². The zero-order chi connectivity index (χ0) is 25.1. The molecule has 4 N–H and O–H groups in total. The lowest BCUT2D eigenvalue weighted by molar-refractivity contribution is -0.132. The summed E-state index contributed by atoms with van der Waals surface area (Å²) in [5, 5.41) is 15.2. The van der Waals surface area contributed by atoms with Crippen molar-refractivity contribution in [2.45, 2.75) is 0 Å². The maximum absolute atomic E-state index is 12.3. The Morgan fingerprint density at radius 2 is 1.94 bits per heavy atom. The molecule has 2 amide bonds. The SMILES string of the molecule is C=C(C#N)C(=O)N1CC(CNc2nc(Nc3cc(OC)cc(OC)c3)c(C(N)=O)c3nccn23)C1. The van der Waals surface area contributed by atoms with E-state index in [0.717, 1.165) is 0 Å². The molecule has 1 aliphatic rings. The summed E-state index contributed by atoms with van der Waals surface area (Å²) in [6.07, 6.45) is 3.22. The number of imidazole rings is 1. The van der Waals surface area contributed by atoms with Gasteiger partial charge in [0.15, 0.2) is 11.5 Å². The maximum Gasteiger partial charge on any atom is 0.263 e. The minimum atomic E-state index is -0.691. The number of rotatable bonds is 9. The highest BCUT2D eigenvalue weighted by atomic mass is 16.5. The fraction of sp³-hybridized carbons (Fsp3) is 0.261. The van der Waals surface area contributed by atoms with E-state index in [1.165, 1.54) is 14.2 Å². The molecule has 1 saturated heterocycles. The number of nitrogens with one attached hydrogen (secondary N) is 2. The first kappa shape index (κ1) is 23.4. The Labute approximate surface area is 201 Å². The molecule has 4 rings (SSSR count). The van der Waals surface area contributed by atoms with E-state index in [1.54, 1.807) is 46.0 Å². The van der Waals surface area contributed by atoms with Gasteiger partial charge in [-0.15, -0.1) is 0 Å². The van der Waals surface area contributed by atoms with Gasteiger partial charge in [-0.25, -0.2) is 4.98 Å². The first-order chi connectivity index (χ1) is 16.8. The number of aromatic nitrogens is 3. The van der Waals surface area contributed by atoms with Crippen LogP contribution in [0.5, 0.6) is 11.5 Å². The summed E-state index contributed by atoms with van der Waals surface area (Å²) in [6, 6.07) is 6.95. The Morgan fingerprint density at radius 3 is 2.54 bits per heavy atom. The lowest BCUT2D eigenvalue weighted by Gasteiger charge is -2.39. The number of hydrogen-bond donors (Lipinski definition) is 3. The van der Waals surface area contributed by atoms with Gasteiger partial charge >= 0.3 is 0 Å². The average Bonchev–Trinajstić information content (AvgIpc) is 3.31. The fourth-order valence-corrected chi connectivity index (χ4v) is 3.78. The Hall–Kier alpha value is -4.79. The molecule has 0 radical (unpaired) electrons. The van der Waals surface area contributed by atoms with Crippen LogP contribution in [0, 0.1) is 17.2 Å². The highest BCUT2D eigenvalue weighted by molar-refractivity contribution is 6.04. The summed E-state index contributed by atoms with van der Waals surface area (Å²) in [6.45, 7) is 4.96. The molecule has 3 heterocycles. The molecule has 1 aromatic carbocycles. The topological polar surface area (TPSA) is 160 Å². The average molecular weight is 476 g/mol. The summed E-state index contributed by atoms with van der Waals surface area (Å²) >= 11 is 0. The molecule has 0 aliphatic carbocycles. The monoisotopic (exact) mass is 476 g/mol. The van der Waals surface area contributed by atoms with Crippen molar-refractivity contribution in [2.75, 3.05) is 44.5 Å². The van der Waals surface area contributed by atoms with E-state index in [0.29, 0.717) is 48.4 Å². The van der Waals surface area contributed by atoms with Crippen LogP contribution in [-0.2, 0) is 4.79 Å². The highest BCUT2D eigenvalue weighted by Crippen LogP contribution is 2.30. The number of carbonyl (C=O) groups excluding carboxylic acids is 2. The van der Waals surface area contributed by atoms with Crippen LogP contribution >= 0.6 is 0 Å². The fourth-order valence-electron chi connectivity index (χ4n) is 3.78. The second-order valence-corrected chi connectivity index (χ2v) is 7.92. The molecule has 3 aromatic rings. The number of benzene rings is 1. The molecule has 0 spiro atoms. The van der Waals surface area contributed by atoms with E-state index in [1.807, 2.05) is 0 Å². The molecule has 180 valence electrons. The number of primary amides is 1. The Bertz CT molecular complexity index is 1330. The quantitative estimate of drug-likeness (QED) is 0.307. The smallest absolute Gasteiger partial charge is 0.263 e. The number of likely N-dealkylation sites (tertiary alicyclic amines) is 1. The van der Waals surface area contributed by atoms with Crippen LogP contribution in [-0.4, -0.2) is 64.9 Å². The number of nitrogens with zero attached hydrogens (tertiary/aromatic N) is 5. The van der Waals surface area contributed by atoms with Crippen molar-refractivity contribution in [3.8, 4) is 17.6 Å². The standard InChI is InChI=1S/C23H24N8O4/c1-13(9-24)22(33)30-11-14(12-30)10-27-23-29-20(18(19(25)32)21-26-4-5-31(21)23)28-15-6-16(34-2)8-17(7-15)35-3/h4-8,14,28H,1,10-12H2,2-3H3,(H2,25,32)(H,27,29). The number of fused-ring (bicyclic) bond motifs is 1. The minimum Gasteiger partial charge on any atom is -0.497 e. The Balaban J connectivity index is 1.59. The summed E-state index contributed by atoms with van der Waals surface area (Å²) in [5.74, 6) is 0.858. The third-order valence-electron chi connectivity index (χ3n) is 5.59. The molecule has 0 bridgehead atoms. The Morgan fingerprint density at radius 1 is 1.26 bits per heavy atom. The van der Waals surface area contributed by atoms with E-state index in [4.69, 9.17) is 20.5 Å². The van der Waals surface area contributed by atoms with Crippen LogP contribution in [0.15, 0.2) is 42.7 Å². The van der Waals surface area contributed by atoms with Gasteiger partial charge in [0.2, 0.25) is 5.95 Å². The van der Waals surface area contributed by atoms with Gasteiger partial charge in [0, 0.05) is 61.8 Å². The number of nitriles is 1. The maximum atomic E-state index is 12.3. The van der Waals surface area contributed by atoms with Crippen molar-refractivity contribution in [3.63, 3.8) is 0 Å². The minimum absolute atomic E-state index is 0.0786. The second-order valence-electron chi connectivity index (χ2n) is 7.92. The highest BCUT2D eigenvalue weighted by Gasteiger charge is 2.32. The van der Waals surface area contributed by atoms with Gasteiger partial charge in [-0.05, 0) is 0 Å². The summed E-state index contributed by atoms with van der Waals surface area (Å²) in [4.78, 5) is 34.8. The van der Waals surface area contributed by atoms with Gasteiger partial charge in [-0.3, -0.25) is 14.0 Å². The van der Waals surface area contributed by atoms with E-state index in [-0.39, 0.29) is 28.8 Å². The van der Waals surface area contributed by atoms with E-state index >= 15 is 0 Å². The molecule has 12 heteroatoms. The molecule has 1 aliphatic heterocycles. The van der Waals surface area contributed by atoms with E-state index in [2.05, 4.69) is 27.2 Å². The van der Waals surface area contributed by atoms with Gasteiger partial charge in [0.05, 0.1) is 14.2 Å². The van der Waals surface area contributed by atoms with Gasteiger partial charge in [0.1, 0.15) is 28.7 Å². The van der Waals surface area contributed by atoms with Crippen molar-refractivity contribution in [1.82, 2.24) is 19.3 Å². The summed E-state index contributed by atoms with van der Waals surface area (Å²) in [7, 11) is 3.07. The molecule has 1 fully saturated rings. The van der Waals surface area contributed by atoms with E-state index in [9.17, 15) is 9.59 Å². The predicted molar refractivity (Wildman–Crippen MR) is 128 cm³/mol. The zero-order valence-electron chi connectivity index (χ0n) is 19.2. The molecule has 0 saturated carbocycles. The number of amides is 2.